The molecule has 2 aliphatic rings. The van der Waals surface area contributed by atoms with Crippen LogP contribution in [0.25, 0.3) is 17.0 Å². The van der Waals surface area contributed by atoms with Crippen LogP contribution in [0.5, 0.6) is 5.75 Å². The van der Waals surface area contributed by atoms with E-state index in [9.17, 15) is 9.90 Å². The maximum Gasteiger partial charge on any atom is 0.236 e. The van der Waals surface area contributed by atoms with Crippen molar-refractivity contribution in [1.29, 1.82) is 0 Å². The maximum absolute atomic E-state index is 12.7. The largest absolute Gasteiger partial charge is 0.495 e. The van der Waals surface area contributed by atoms with Crippen molar-refractivity contribution in [3.05, 3.63) is 41.2 Å². The van der Waals surface area contributed by atoms with Crippen LogP contribution in [0.15, 0.2) is 30.6 Å². The average molecular weight is 470 g/mol. The minimum atomic E-state index is -0.154. The zero-order valence-corrected chi connectivity index (χ0v) is 19.5. The number of fused-ring (bicyclic) bond motifs is 1. The number of amides is 1. The fourth-order valence-electron chi connectivity index (χ4n) is 4.88. The maximum atomic E-state index is 12.7. The second-order valence-electron chi connectivity index (χ2n) is 8.71. The van der Waals surface area contributed by atoms with E-state index in [1.807, 2.05) is 27.8 Å². The highest BCUT2D eigenvalue weighted by Gasteiger charge is 2.29. The molecule has 1 saturated carbocycles. The molecular weight excluding hydrogens is 442 g/mol. The van der Waals surface area contributed by atoms with Gasteiger partial charge in [0.2, 0.25) is 11.7 Å². The van der Waals surface area contributed by atoms with Crippen LogP contribution in [0, 0.1) is 5.92 Å². The summed E-state index contributed by atoms with van der Waals surface area (Å²) in [6.07, 6.45) is 8.24. The van der Waals surface area contributed by atoms with Gasteiger partial charge in [0.05, 0.1) is 24.4 Å². The second-order valence-corrected chi connectivity index (χ2v) is 9.12. The van der Waals surface area contributed by atoms with Crippen LogP contribution in [0.3, 0.4) is 0 Å². The van der Waals surface area contributed by atoms with E-state index in [0.29, 0.717) is 33.7 Å². The topological polar surface area (TPSA) is 83.2 Å². The van der Waals surface area contributed by atoms with Gasteiger partial charge in [-0.15, -0.1) is 0 Å². The predicted octanol–water partition coefficient (Wildman–Crippen LogP) is 3.39. The van der Waals surface area contributed by atoms with Gasteiger partial charge in [0.15, 0.2) is 0 Å². The smallest absolute Gasteiger partial charge is 0.236 e. The van der Waals surface area contributed by atoms with Crippen molar-refractivity contribution in [1.82, 2.24) is 19.3 Å². The SMILES string of the molecule is COc1cc(CO)c(-c2cn3ccc(N4CCN(C(=O)C5CCCC5)CC4)nc3n2)cc1Cl. The summed E-state index contributed by atoms with van der Waals surface area (Å²) in [6, 6.07) is 5.46. The normalized spacial score (nSPS) is 17.2. The number of piperazine rings is 1. The summed E-state index contributed by atoms with van der Waals surface area (Å²) in [4.78, 5) is 26.4. The Kier molecular flexibility index (Phi) is 6.12. The van der Waals surface area contributed by atoms with Gasteiger partial charge < -0.3 is 19.6 Å². The number of nitrogens with zero attached hydrogens (tertiary/aromatic N) is 5. The molecule has 2 fully saturated rings. The van der Waals surface area contributed by atoms with Crippen LogP contribution in [-0.4, -0.2) is 63.6 Å². The Morgan fingerprint density at radius 2 is 1.94 bits per heavy atom. The molecule has 1 aliphatic carbocycles. The van der Waals surface area contributed by atoms with Crippen LogP contribution < -0.4 is 9.64 Å². The molecule has 33 heavy (non-hydrogen) atoms. The molecule has 1 N–H and O–H groups in total. The third kappa shape index (κ3) is 4.25. The molecule has 9 heteroatoms. The predicted molar refractivity (Wildman–Crippen MR) is 127 cm³/mol. The summed E-state index contributed by atoms with van der Waals surface area (Å²) < 4.78 is 7.12. The van der Waals surface area contributed by atoms with Gasteiger partial charge in [-0.05, 0) is 36.6 Å². The number of anilines is 1. The van der Waals surface area contributed by atoms with Crippen molar-refractivity contribution in [2.75, 3.05) is 38.2 Å². The van der Waals surface area contributed by atoms with Crippen molar-refractivity contribution >= 4 is 29.1 Å². The summed E-state index contributed by atoms with van der Waals surface area (Å²) in [5.41, 5.74) is 2.11. The number of benzene rings is 1. The number of aliphatic hydroxyl groups excluding tert-OH is 1. The number of methoxy groups -OCH3 is 1. The first-order valence-electron chi connectivity index (χ1n) is 11.4. The molecule has 1 aromatic carbocycles. The lowest BCUT2D eigenvalue weighted by Gasteiger charge is -2.36. The van der Waals surface area contributed by atoms with Crippen LogP contribution in [0.2, 0.25) is 5.02 Å². The highest BCUT2D eigenvalue weighted by molar-refractivity contribution is 6.32. The van der Waals surface area contributed by atoms with Crippen molar-refractivity contribution in [2.45, 2.75) is 32.3 Å². The van der Waals surface area contributed by atoms with Gasteiger partial charge in [-0.2, -0.15) is 4.98 Å². The molecule has 1 amide bonds. The minimum Gasteiger partial charge on any atom is -0.495 e. The van der Waals surface area contributed by atoms with Gasteiger partial charge in [-0.25, -0.2) is 4.98 Å². The summed E-state index contributed by atoms with van der Waals surface area (Å²) in [5, 5.41) is 10.3. The van der Waals surface area contributed by atoms with Crippen molar-refractivity contribution in [2.24, 2.45) is 5.92 Å². The number of hydrogen-bond donors (Lipinski definition) is 1. The number of aromatic nitrogens is 3. The summed E-state index contributed by atoms with van der Waals surface area (Å²) in [5.74, 6) is 2.49. The first kappa shape index (κ1) is 22.0. The Bertz CT molecular complexity index is 1170. The van der Waals surface area contributed by atoms with Crippen LogP contribution in [-0.2, 0) is 11.4 Å². The Morgan fingerprint density at radius 1 is 1.18 bits per heavy atom. The van der Waals surface area contributed by atoms with Crippen molar-refractivity contribution in [3.63, 3.8) is 0 Å². The lowest BCUT2D eigenvalue weighted by molar-refractivity contribution is -0.135. The number of carbonyl (C=O) groups is 1. The fraction of sp³-hybridized carbons (Fsp3) is 0.458. The lowest BCUT2D eigenvalue weighted by Crippen LogP contribution is -2.50. The number of imidazole rings is 1. The molecule has 0 radical (unpaired) electrons. The Balaban J connectivity index is 1.34. The lowest BCUT2D eigenvalue weighted by atomic mass is 10.1. The summed E-state index contributed by atoms with van der Waals surface area (Å²) in [7, 11) is 1.54. The number of carbonyl (C=O) groups excluding carboxylic acids is 1. The average Bonchev–Trinajstić information content (AvgIpc) is 3.53. The molecule has 8 nitrogen and oxygen atoms in total. The third-order valence-corrected chi connectivity index (χ3v) is 7.05. The molecule has 0 bridgehead atoms. The highest BCUT2D eigenvalue weighted by Crippen LogP contribution is 2.34. The number of aliphatic hydroxyl groups is 1. The molecule has 1 saturated heterocycles. The first-order valence-corrected chi connectivity index (χ1v) is 11.8. The van der Waals surface area contributed by atoms with E-state index in [1.54, 1.807) is 19.2 Å². The van der Waals surface area contributed by atoms with Crippen molar-refractivity contribution < 1.29 is 14.6 Å². The molecule has 3 heterocycles. The summed E-state index contributed by atoms with van der Waals surface area (Å²) >= 11 is 6.32. The monoisotopic (exact) mass is 469 g/mol. The van der Waals surface area contributed by atoms with Gasteiger partial charge in [0, 0.05) is 50.1 Å². The molecule has 1 aliphatic heterocycles. The van der Waals surface area contributed by atoms with Crippen molar-refractivity contribution in [3.8, 4) is 17.0 Å². The highest BCUT2D eigenvalue weighted by atomic mass is 35.5. The molecule has 0 atom stereocenters. The molecule has 0 unspecified atom stereocenters. The Morgan fingerprint density at radius 3 is 2.64 bits per heavy atom. The summed E-state index contributed by atoms with van der Waals surface area (Å²) in [6.45, 7) is 2.83. The number of hydrogen-bond acceptors (Lipinski definition) is 6. The second kappa shape index (κ2) is 9.19. The van der Waals surface area contributed by atoms with E-state index in [0.717, 1.165) is 50.4 Å². The first-order chi connectivity index (χ1) is 16.1. The zero-order valence-electron chi connectivity index (χ0n) is 18.7. The van der Waals surface area contributed by atoms with Crippen LogP contribution in [0.4, 0.5) is 5.82 Å². The van der Waals surface area contributed by atoms with Gasteiger partial charge in [0.1, 0.15) is 11.6 Å². The van der Waals surface area contributed by atoms with Crippen LogP contribution in [0.1, 0.15) is 31.2 Å². The Labute approximate surface area is 197 Å². The zero-order chi connectivity index (χ0) is 22.9. The molecule has 0 spiro atoms. The van der Waals surface area contributed by atoms with E-state index in [-0.39, 0.29) is 12.5 Å². The van der Waals surface area contributed by atoms with Crippen LogP contribution >= 0.6 is 11.6 Å². The molecule has 5 rings (SSSR count). The number of rotatable bonds is 5. The molecule has 3 aromatic rings. The van der Waals surface area contributed by atoms with E-state index in [4.69, 9.17) is 21.3 Å². The quantitative estimate of drug-likeness (QED) is 0.616. The molecule has 2 aromatic heterocycles. The Hall–Kier alpha value is -2.84. The standard InChI is InChI=1S/C24H28ClN5O3/c1-33-21-12-17(15-31)18(13-19(21)25)20-14-30-7-6-22(27-24(30)26-20)28-8-10-29(11-9-28)23(32)16-4-2-3-5-16/h6-7,12-14,16,31H,2-5,8-11,15H2,1H3. The van der Waals surface area contributed by atoms with E-state index in [2.05, 4.69) is 9.88 Å². The number of ether oxygens (including phenoxy) is 1. The van der Waals surface area contributed by atoms with Gasteiger partial charge in [-0.1, -0.05) is 24.4 Å². The minimum absolute atomic E-state index is 0.154. The van der Waals surface area contributed by atoms with E-state index >= 15 is 0 Å². The van der Waals surface area contributed by atoms with Gasteiger partial charge in [-0.3, -0.25) is 9.20 Å². The molecule has 174 valence electrons. The molecular formula is C24H28ClN5O3. The van der Waals surface area contributed by atoms with E-state index < -0.39 is 0 Å². The van der Waals surface area contributed by atoms with Gasteiger partial charge >= 0.3 is 0 Å². The fourth-order valence-corrected chi connectivity index (χ4v) is 5.12. The number of halogens is 1. The van der Waals surface area contributed by atoms with Gasteiger partial charge in [0.25, 0.3) is 0 Å². The third-order valence-electron chi connectivity index (χ3n) is 6.76. The van der Waals surface area contributed by atoms with E-state index in [1.165, 1.54) is 12.8 Å².